The molecule has 8 nitrogen and oxygen atoms in total. The number of methoxy groups -OCH3 is 1. The van der Waals surface area contributed by atoms with Crippen LogP contribution in [0.25, 0.3) is 11.3 Å². The van der Waals surface area contributed by atoms with Crippen molar-refractivity contribution in [1.29, 1.82) is 0 Å². The number of carbonyl (C=O) groups excluding carboxylic acids is 2. The molecule has 1 aliphatic rings. The molecule has 5 rings (SSSR count). The molecule has 3 heterocycles. The quantitative estimate of drug-likeness (QED) is 0.315. The van der Waals surface area contributed by atoms with Crippen molar-refractivity contribution in [3.8, 4) is 17.0 Å². The number of piperazine rings is 1. The van der Waals surface area contributed by atoms with E-state index in [1.54, 1.807) is 12.0 Å². The van der Waals surface area contributed by atoms with Gasteiger partial charge >= 0.3 is 0 Å². The van der Waals surface area contributed by atoms with Gasteiger partial charge in [0.05, 0.1) is 17.7 Å². The smallest absolute Gasteiger partial charge is 0.264 e. The van der Waals surface area contributed by atoms with Crippen LogP contribution in [-0.4, -0.2) is 78.2 Å². The maximum Gasteiger partial charge on any atom is 0.264 e. The van der Waals surface area contributed by atoms with E-state index in [1.807, 2.05) is 89.1 Å². The fourth-order valence-electron chi connectivity index (χ4n) is 4.58. The average Bonchev–Trinajstić information content (AvgIpc) is 3.55. The molecule has 4 aromatic rings. The number of nitrogens with zero attached hydrogens (tertiary/aromatic N) is 5. The zero-order valence-corrected chi connectivity index (χ0v) is 22.7. The van der Waals surface area contributed by atoms with Crippen molar-refractivity contribution in [3.63, 3.8) is 0 Å². The minimum atomic E-state index is -0.0971. The monoisotopic (exact) mass is 541 g/mol. The molecule has 2 aromatic carbocycles. The molecule has 39 heavy (non-hydrogen) atoms. The topological polar surface area (TPSA) is 78.9 Å². The second-order valence-electron chi connectivity index (χ2n) is 9.31. The second-order valence-corrected chi connectivity index (χ2v) is 10.3. The first-order chi connectivity index (χ1) is 19.1. The number of hydrogen-bond donors (Lipinski definition) is 0. The maximum atomic E-state index is 13.3. The van der Waals surface area contributed by atoms with Crippen LogP contribution in [0.5, 0.6) is 5.75 Å². The van der Waals surface area contributed by atoms with Crippen LogP contribution in [0.15, 0.2) is 84.2 Å². The molecule has 0 aliphatic carbocycles. The normalized spacial score (nSPS) is 13.3. The summed E-state index contributed by atoms with van der Waals surface area (Å²) in [6, 6.07) is 25.4. The third-order valence-corrected chi connectivity index (χ3v) is 7.71. The van der Waals surface area contributed by atoms with E-state index in [0.717, 1.165) is 28.4 Å². The molecule has 0 saturated carbocycles. The molecular weight excluding hydrogens is 510 g/mol. The summed E-state index contributed by atoms with van der Waals surface area (Å²) in [5.41, 5.74) is 2.90. The first-order valence-corrected chi connectivity index (χ1v) is 13.9. The Balaban J connectivity index is 1.17. The third kappa shape index (κ3) is 6.61. The fraction of sp³-hybridized carbons (Fsp3) is 0.267. The van der Waals surface area contributed by atoms with Gasteiger partial charge in [0.2, 0.25) is 5.91 Å². The summed E-state index contributed by atoms with van der Waals surface area (Å²) in [6.07, 6.45) is 0.699. The minimum Gasteiger partial charge on any atom is -0.497 e. The molecule has 0 N–H and O–H groups in total. The Kier molecular flexibility index (Phi) is 8.48. The number of hydrogen-bond acceptors (Lipinski definition) is 7. The van der Waals surface area contributed by atoms with Gasteiger partial charge in [0.15, 0.2) is 5.82 Å². The molecule has 1 aliphatic heterocycles. The highest BCUT2D eigenvalue weighted by Gasteiger charge is 2.26. The summed E-state index contributed by atoms with van der Waals surface area (Å²) >= 11 is 1.40. The van der Waals surface area contributed by atoms with Crippen LogP contribution in [0, 0.1) is 0 Å². The molecule has 9 heteroatoms. The highest BCUT2D eigenvalue weighted by Crippen LogP contribution is 2.22. The van der Waals surface area contributed by atoms with Crippen LogP contribution in [0.1, 0.15) is 15.2 Å². The summed E-state index contributed by atoms with van der Waals surface area (Å²) < 4.78 is 5.22. The second kappa shape index (κ2) is 12.5. The van der Waals surface area contributed by atoms with E-state index in [2.05, 4.69) is 15.1 Å². The van der Waals surface area contributed by atoms with Crippen LogP contribution in [0.3, 0.4) is 0 Å². The zero-order chi connectivity index (χ0) is 27.0. The number of ether oxygens (including phenoxy) is 1. The number of benzene rings is 2. The van der Waals surface area contributed by atoms with Crippen molar-refractivity contribution in [3.05, 3.63) is 94.7 Å². The van der Waals surface area contributed by atoms with Crippen molar-refractivity contribution in [2.75, 3.05) is 51.3 Å². The molecule has 0 atom stereocenters. The number of amides is 2. The van der Waals surface area contributed by atoms with E-state index in [-0.39, 0.29) is 18.4 Å². The molecule has 2 aromatic heterocycles. The Morgan fingerprint density at radius 3 is 2.31 bits per heavy atom. The fourth-order valence-corrected chi connectivity index (χ4v) is 5.27. The Bertz CT molecular complexity index is 1350. The highest BCUT2D eigenvalue weighted by molar-refractivity contribution is 7.12. The summed E-state index contributed by atoms with van der Waals surface area (Å²) in [5.74, 6) is 1.45. The minimum absolute atomic E-state index is 0.0337. The van der Waals surface area contributed by atoms with E-state index < -0.39 is 0 Å². The molecule has 0 spiro atoms. The van der Waals surface area contributed by atoms with E-state index in [0.29, 0.717) is 44.0 Å². The van der Waals surface area contributed by atoms with E-state index in [9.17, 15) is 9.59 Å². The van der Waals surface area contributed by atoms with E-state index >= 15 is 0 Å². The van der Waals surface area contributed by atoms with E-state index in [4.69, 9.17) is 4.74 Å². The number of thiophene rings is 1. The Morgan fingerprint density at radius 2 is 1.67 bits per heavy atom. The summed E-state index contributed by atoms with van der Waals surface area (Å²) in [4.78, 5) is 32.8. The van der Waals surface area contributed by atoms with E-state index in [1.165, 1.54) is 11.3 Å². The van der Waals surface area contributed by atoms with Gasteiger partial charge in [0, 0.05) is 38.3 Å². The molecule has 200 valence electrons. The summed E-state index contributed by atoms with van der Waals surface area (Å²) in [7, 11) is 1.64. The van der Waals surface area contributed by atoms with Crippen molar-refractivity contribution < 1.29 is 14.3 Å². The Hall–Kier alpha value is -4.24. The van der Waals surface area contributed by atoms with Gasteiger partial charge in [-0.3, -0.25) is 9.59 Å². The number of aromatic nitrogens is 2. The molecule has 0 radical (unpaired) electrons. The Morgan fingerprint density at radius 1 is 0.897 bits per heavy atom. The van der Waals surface area contributed by atoms with Crippen LogP contribution in [0.2, 0.25) is 0 Å². The molecule has 2 amide bonds. The lowest BCUT2D eigenvalue weighted by atomic mass is 10.1. The lowest BCUT2D eigenvalue weighted by Gasteiger charge is -2.36. The lowest BCUT2D eigenvalue weighted by molar-refractivity contribution is -0.132. The standard InChI is InChI=1S/C30H31N5O3S/c1-38-25-11-9-24(10-12-25)26-13-14-28(32-31-26)33-17-19-34(20-18-33)29(36)22-35(30(37)27-8-5-21-39-27)16-15-23-6-3-2-4-7-23/h2-14,21H,15-20,22H2,1H3. The van der Waals surface area contributed by atoms with Crippen LogP contribution >= 0.6 is 11.3 Å². The highest BCUT2D eigenvalue weighted by atomic mass is 32.1. The maximum absolute atomic E-state index is 13.3. The van der Waals surface area contributed by atoms with Crippen molar-refractivity contribution in [2.45, 2.75) is 6.42 Å². The Labute approximate surface area is 232 Å². The zero-order valence-electron chi connectivity index (χ0n) is 21.9. The van der Waals surface area contributed by atoms with Gasteiger partial charge in [-0.25, -0.2) is 0 Å². The van der Waals surface area contributed by atoms with Gasteiger partial charge in [-0.1, -0.05) is 36.4 Å². The molecule has 0 unspecified atom stereocenters. The molecule has 0 bridgehead atoms. The summed E-state index contributed by atoms with van der Waals surface area (Å²) in [5, 5.41) is 10.7. The summed E-state index contributed by atoms with van der Waals surface area (Å²) in [6.45, 7) is 3.01. The van der Waals surface area contributed by atoms with Gasteiger partial charge in [0.25, 0.3) is 5.91 Å². The van der Waals surface area contributed by atoms with Crippen molar-refractivity contribution >= 4 is 29.0 Å². The van der Waals surface area contributed by atoms with Gasteiger partial charge in [-0.15, -0.1) is 21.5 Å². The first kappa shape index (κ1) is 26.4. The molecular formula is C30H31N5O3S. The van der Waals surface area contributed by atoms with Crippen molar-refractivity contribution in [1.82, 2.24) is 20.0 Å². The largest absolute Gasteiger partial charge is 0.497 e. The van der Waals surface area contributed by atoms with Gasteiger partial charge in [-0.05, 0) is 59.8 Å². The first-order valence-electron chi connectivity index (χ1n) is 13.0. The van der Waals surface area contributed by atoms with Crippen LogP contribution in [-0.2, 0) is 11.2 Å². The van der Waals surface area contributed by atoms with Crippen LogP contribution < -0.4 is 9.64 Å². The van der Waals surface area contributed by atoms with Gasteiger partial charge in [0.1, 0.15) is 12.3 Å². The van der Waals surface area contributed by atoms with Gasteiger partial charge in [-0.2, -0.15) is 0 Å². The average molecular weight is 542 g/mol. The third-order valence-electron chi connectivity index (χ3n) is 6.85. The molecule has 1 fully saturated rings. The molecule has 1 saturated heterocycles. The van der Waals surface area contributed by atoms with Crippen molar-refractivity contribution in [2.24, 2.45) is 0 Å². The SMILES string of the molecule is COc1ccc(-c2ccc(N3CCN(C(=O)CN(CCc4ccccc4)C(=O)c4cccs4)CC3)nn2)cc1. The number of carbonyl (C=O) groups is 2. The van der Waals surface area contributed by atoms with Crippen LogP contribution in [0.4, 0.5) is 5.82 Å². The predicted molar refractivity (Wildman–Crippen MR) is 153 cm³/mol. The van der Waals surface area contributed by atoms with Gasteiger partial charge < -0.3 is 19.4 Å². The number of rotatable bonds is 9. The lowest BCUT2D eigenvalue weighted by Crippen LogP contribution is -2.52. The predicted octanol–water partition coefficient (Wildman–Crippen LogP) is 4.25. The number of anilines is 1.